The van der Waals surface area contributed by atoms with Gasteiger partial charge in [-0.25, -0.2) is 0 Å². The predicted octanol–water partition coefficient (Wildman–Crippen LogP) is 4.04. The standard InChI is InChI=1S/C22H21N3O2S2/c26-20(24-12-5-4-10-18(24)17-9-6-11-23-14-17)15-25-21(27)19(29-22(25)28)13-16-7-2-1-3-8-16/h1-3,6-9,11,13-14,18H,4-5,10,12,15H2/b19-13+. The van der Waals surface area contributed by atoms with Crippen molar-refractivity contribution >= 4 is 46.2 Å². The van der Waals surface area contributed by atoms with Crippen molar-refractivity contribution in [2.45, 2.75) is 25.3 Å². The van der Waals surface area contributed by atoms with Crippen LogP contribution in [0, 0.1) is 0 Å². The third-order valence-electron chi connectivity index (χ3n) is 5.16. The number of nitrogens with zero attached hydrogens (tertiary/aromatic N) is 3. The minimum absolute atomic E-state index is 0.00297. The van der Waals surface area contributed by atoms with Crippen molar-refractivity contribution < 1.29 is 9.59 Å². The monoisotopic (exact) mass is 423 g/mol. The molecule has 2 aliphatic rings. The topological polar surface area (TPSA) is 53.5 Å². The molecule has 148 valence electrons. The van der Waals surface area contributed by atoms with E-state index < -0.39 is 0 Å². The molecule has 0 bridgehead atoms. The molecule has 1 aromatic carbocycles. The van der Waals surface area contributed by atoms with Crippen molar-refractivity contribution in [3.63, 3.8) is 0 Å². The smallest absolute Gasteiger partial charge is 0.266 e. The van der Waals surface area contributed by atoms with Gasteiger partial charge in [0.1, 0.15) is 10.9 Å². The third-order valence-corrected chi connectivity index (χ3v) is 6.53. The average Bonchev–Trinajstić information content (AvgIpc) is 3.02. The highest BCUT2D eigenvalue weighted by atomic mass is 32.2. The fourth-order valence-corrected chi connectivity index (χ4v) is 4.97. The molecular formula is C22H21N3O2S2. The Morgan fingerprint density at radius 3 is 2.79 bits per heavy atom. The summed E-state index contributed by atoms with van der Waals surface area (Å²) in [7, 11) is 0. The number of likely N-dealkylation sites (tertiary alicyclic amines) is 1. The van der Waals surface area contributed by atoms with Crippen LogP contribution in [0.3, 0.4) is 0 Å². The molecule has 3 heterocycles. The van der Waals surface area contributed by atoms with E-state index in [0.29, 0.717) is 15.8 Å². The number of hydrogen-bond acceptors (Lipinski definition) is 5. The maximum atomic E-state index is 13.1. The Morgan fingerprint density at radius 2 is 2.03 bits per heavy atom. The van der Waals surface area contributed by atoms with Gasteiger partial charge in [0, 0.05) is 18.9 Å². The molecule has 4 rings (SSSR count). The summed E-state index contributed by atoms with van der Waals surface area (Å²) >= 11 is 6.65. The Balaban J connectivity index is 1.49. The van der Waals surface area contributed by atoms with Crippen LogP contribution in [0.2, 0.25) is 0 Å². The number of carbonyl (C=O) groups excluding carboxylic acids is 2. The van der Waals surface area contributed by atoms with Gasteiger partial charge in [-0.3, -0.25) is 19.5 Å². The molecule has 0 radical (unpaired) electrons. The SMILES string of the molecule is O=C1/C(=C\c2ccccc2)SC(=S)N1CC(=O)N1CCCCC1c1cccnc1. The molecule has 2 aromatic rings. The van der Waals surface area contributed by atoms with Crippen LogP contribution in [-0.4, -0.2) is 44.0 Å². The fourth-order valence-electron chi connectivity index (χ4n) is 3.71. The molecule has 1 unspecified atom stereocenters. The number of thiocarbonyl (C=S) groups is 1. The molecule has 0 saturated carbocycles. The van der Waals surface area contributed by atoms with E-state index in [1.54, 1.807) is 6.20 Å². The van der Waals surface area contributed by atoms with E-state index in [0.717, 1.165) is 30.4 Å². The summed E-state index contributed by atoms with van der Waals surface area (Å²) < 4.78 is 0.431. The number of rotatable bonds is 4. The summed E-state index contributed by atoms with van der Waals surface area (Å²) in [6.07, 6.45) is 8.32. The molecule has 29 heavy (non-hydrogen) atoms. The molecule has 2 aliphatic heterocycles. The molecular weight excluding hydrogens is 402 g/mol. The molecule has 2 amide bonds. The number of thioether (sulfide) groups is 1. The average molecular weight is 424 g/mol. The first-order chi connectivity index (χ1) is 14.1. The first kappa shape index (κ1) is 19.8. The Labute approximate surface area is 179 Å². The molecule has 0 N–H and O–H groups in total. The van der Waals surface area contributed by atoms with Crippen LogP contribution in [0.5, 0.6) is 0 Å². The quantitative estimate of drug-likeness (QED) is 0.549. The summed E-state index contributed by atoms with van der Waals surface area (Å²) in [4.78, 5) is 34.0. The second-order valence-corrected chi connectivity index (χ2v) is 8.74. The molecule has 1 aromatic heterocycles. The molecule has 1 atom stereocenters. The van der Waals surface area contributed by atoms with Crippen molar-refractivity contribution in [2.24, 2.45) is 0 Å². The molecule has 0 aliphatic carbocycles. The minimum atomic E-state index is -0.202. The van der Waals surface area contributed by atoms with Gasteiger partial charge in [-0.2, -0.15) is 0 Å². The third kappa shape index (κ3) is 4.41. The number of pyridine rings is 1. The first-order valence-electron chi connectivity index (χ1n) is 9.63. The second kappa shape index (κ2) is 8.88. The van der Waals surface area contributed by atoms with E-state index >= 15 is 0 Å². The molecule has 2 saturated heterocycles. The highest BCUT2D eigenvalue weighted by Gasteiger charge is 2.36. The number of aromatic nitrogens is 1. The van der Waals surface area contributed by atoms with E-state index in [2.05, 4.69) is 4.98 Å². The van der Waals surface area contributed by atoms with Crippen molar-refractivity contribution in [1.29, 1.82) is 0 Å². The summed E-state index contributed by atoms with van der Waals surface area (Å²) in [6, 6.07) is 13.5. The normalized spacial score (nSPS) is 21.1. The Morgan fingerprint density at radius 1 is 1.21 bits per heavy atom. The zero-order valence-electron chi connectivity index (χ0n) is 15.9. The second-order valence-electron chi connectivity index (χ2n) is 7.06. The van der Waals surface area contributed by atoms with Gasteiger partial charge in [0.25, 0.3) is 5.91 Å². The summed E-state index contributed by atoms with van der Waals surface area (Å²) in [6.45, 7) is 0.667. The Hall–Kier alpha value is -2.51. The van der Waals surface area contributed by atoms with Crippen LogP contribution in [-0.2, 0) is 9.59 Å². The lowest BCUT2D eigenvalue weighted by atomic mass is 9.96. The fraction of sp³-hybridized carbons (Fsp3) is 0.273. The van der Waals surface area contributed by atoms with Gasteiger partial charge in [0.05, 0.1) is 10.9 Å². The number of hydrogen-bond donors (Lipinski definition) is 0. The van der Waals surface area contributed by atoms with Gasteiger partial charge in [0.15, 0.2) is 0 Å². The minimum Gasteiger partial charge on any atom is -0.334 e. The van der Waals surface area contributed by atoms with Crippen LogP contribution in [0.4, 0.5) is 0 Å². The lowest BCUT2D eigenvalue weighted by molar-refractivity contribution is -0.138. The number of piperidine rings is 1. The van der Waals surface area contributed by atoms with E-state index in [9.17, 15) is 9.59 Å². The number of benzene rings is 1. The zero-order valence-corrected chi connectivity index (χ0v) is 17.5. The number of carbonyl (C=O) groups is 2. The predicted molar refractivity (Wildman–Crippen MR) is 119 cm³/mol. The maximum absolute atomic E-state index is 13.1. The van der Waals surface area contributed by atoms with Crippen LogP contribution >= 0.6 is 24.0 Å². The van der Waals surface area contributed by atoms with Crippen LogP contribution in [0.15, 0.2) is 59.8 Å². The highest BCUT2D eigenvalue weighted by molar-refractivity contribution is 8.26. The summed E-state index contributed by atoms with van der Waals surface area (Å²) in [5.74, 6) is -0.275. The molecule has 7 heteroatoms. The lowest BCUT2D eigenvalue weighted by Gasteiger charge is -2.36. The largest absolute Gasteiger partial charge is 0.334 e. The lowest BCUT2D eigenvalue weighted by Crippen LogP contribution is -2.45. The van der Waals surface area contributed by atoms with Crippen LogP contribution in [0.1, 0.15) is 36.4 Å². The van der Waals surface area contributed by atoms with E-state index in [-0.39, 0.29) is 24.4 Å². The van der Waals surface area contributed by atoms with Crippen molar-refractivity contribution in [1.82, 2.24) is 14.8 Å². The van der Waals surface area contributed by atoms with Crippen LogP contribution in [0.25, 0.3) is 6.08 Å². The Bertz CT molecular complexity index is 947. The van der Waals surface area contributed by atoms with Gasteiger partial charge in [-0.15, -0.1) is 0 Å². The molecule has 2 fully saturated rings. The molecule has 5 nitrogen and oxygen atoms in total. The van der Waals surface area contributed by atoms with E-state index in [4.69, 9.17) is 12.2 Å². The van der Waals surface area contributed by atoms with Gasteiger partial charge in [-0.1, -0.05) is 60.4 Å². The van der Waals surface area contributed by atoms with E-state index in [1.165, 1.54) is 16.7 Å². The first-order valence-corrected chi connectivity index (χ1v) is 10.9. The summed E-state index contributed by atoms with van der Waals surface area (Å²) in [5, 5.41) is 0. The van der Waals surface area contributed by atoms with Crippen molar-refractivity contribution in [2.75, 3.05) is 13.1 Å². The number of amides is 2. The molecule has 0 spiro atoms. The van der Waals surface area contributed by atoms with Crippen molar-refractivity contribution in [3.05, 3.63) is 70.9 Å². The Kier molecular flexibility index (Phi) is 6.06. The zero-order chi connectivity index (χ0) is 20.2. The van der Waals surface area contributed by atoms with Gasteiger partial charge >= 0.3 is 0 Å². The maximum Gasteiger partial charge on any atom is 0.266 e. The van der Waals surface area contributed by atoms with Gasteiger partial charge in [0.2, 0.25) is 5.91 Å². The summed E-state index contributed by atoms with van der Waals surface area (Å²) in [5.41, 5.74) is 1.97. The van der Waals surface area contributed by atoms with Gasteiger partial charge in [-0.05, 0) is 42.5 Å². The van der Waals surface area contributed by atoms with E-state index in [1.807, 2.05) is 59.6 Å². The highest BCUT2D eigenvalue weighted by Crippen LogP contribution is 2.34. The van der Waals surface area contributed by atoms with Gasteiger partial charge < -0.3 is 4.90 Å². The van der Waals surface area contributed by atoms with Crippen LogP contribution < -0.4 is 0 Å². The van der Waals surface area contributed by atoms with Crippen molar-refractivity contribution in [3.8, 4) is 0 Å².